The standard InChI is InChI=1S/C27H27N7/c1-3-4-12-26-29-17-19(2)34(26)18-20-13-14-22(24(16-20)25-11-7-8-15-28-25)21-9-5-6-10-23(21)27-30-32-33-31-27/h5-11,13-17H,3-4,12,18H2,1-2H3,(H,30,31,32,33). The van der Waals surface area contributed by atoms with Crippen LogP contribution in [0.2, 0.25) is 0 Å². The molecule has 0 saturated heterocycles. The number of H-pyrrole nitrogens is 1. The van der Waals surface area contributed by atoms with Gasteiger partial charge in [-0.15, -0.1) is 10.2 Å². The summed E-state index contributed by atoms with van der Waals surface area (Å²) in [5.41, 5.74) is 7.43. The number of aromatic amines is 1. The van der Waals surface area contributed by atoms with E-state index in [-0.39, 0.29) is 0 Å². The number of nitrogens with zero attached hydrogens (tertiary/aromatic N) is 6. The van der Waals surface area contributed by atoms with Crippen LogP contribution in [-0.2, 0) is 13.0 Å². The summed E-state index contributed by atoms with van der Waals surface area (Å²) < 4.78 is 2.32. The first-order chi connectivity index (χ1) is 16.7. The first-order valence-corrected chi connectivity index (χ1v) is 11.6. The van der Waals surface area contributed by atoms with Crippen LogP contribution in [0.5, 0.6) is 0 Å². The summed E-state index contributed by atoms with van der Waals surface area (Å²) in [7, 11) is 0. The maximum Gasteiger partial charge on any atom is 0.205 e. The van der Waals surface area contributed by atoms with E-state index in [1.807, 2.05) is 42.7 Å². The maximum atomic E-state index is 4.67. The van der Waals surface area contributed by atoms with Crippen molar-refractivity contribution in [2.45, 2.75) is 39.7 Å². The van der Waals surface area contributed by atoms with Gasteiger partial charge in [0.2, 0.25) is 5.82 Å². The molecular weight excluding hydrogens is 422 g/mol. The second kappa shape index (κ2) is 9.79. The van der Waals surface area contributed by atoms with Gasteiger partial charge in [-0.3, -0.25) is 4.98 Å². The van der Waals surface area contributed by atoms with Crippen LogP contribution in [-0.4, -0.2) is 35.2 Å². The van der Waals surface area contributed by atoms with Crippen LogP contribution in [0.4, 0.5) is 0 Å². The molecule has 0 aliphatic carbocycles. The van der Waals surface area contributed by atoms with E-state index in [4.69, 9.17) is 0 Å². The van der Waals surface area contributed by atoms with E-state index in [2.05, 4.69) is 79.3 Å². The van der Waals surface area contributed by atoms with E-state index in [9.17, 15) is 0 Å². The quantitative estimate of drug-likeness (QED) is 0.338. The lowest BCUT2D eigenvalue weighted by Gasteiger charge is -2.16. The van der Waals surface area contributed by atoms with Gasteiger partial charge >= 0.3 is 0 Å². The lowest BCUT2D eigenvalue weighted by Crippen LogP contribution is -2.07. The van der Waals surface area contributed by atoms with E-state index in [1.165, 1.54) is 11.3 Å². The first kappa shape index (κ1) is 21.7. The van der Waals surface area contributed by atoms with Gasteiger partial charge in [-0.05, 0) is 53.4 Å². The summed E-state index contributed by atoms with van der Waals surface area (Å²) >= 11 is 0. The highest BCUT2D eigenvalue weighted by atomic mass is 15.5. The Morgan fingerprint density at radius 3 is 2.47 bits per heavy atom. The average Bonchev–Trinajstić information content (AvgIpc) is 3.54. The molecule has 0 spiro atoms. The van der Waals surface area contributed by atoms with Crippen molar-refractivity contribution < 1.29 is 0 Å². The normalized spacial score (nSPS) is 11.1. The monoisotopic (exact) mass is 449 g/mol. The summed E-state index contributed by atoms with van der Waals surface area (Å²) in [6.07, 6.45) is 7.10. The number of benzene rings is 2. The van der Waals surface area contributed by atoms with Gasteiger partial charge in [-0.1, -0.05) is 55.8 Å². The van der Waals surface area contributed by atoms with Crippen molar-refractivity contribution in [2.24, 2.45) is 0 Å². The molecule has 1 N–H and O–H groups in total. The molecular formula is C27H27N7. The fourth-order valence-electron chi connectivity index (χ4n) is 4.29. The summed E-state index contributed by atoms with van der Waals surface area (Å²) in [5, 5.41) is 14.7. The number of pyridine rings is 1. The Labute approximate surface area is 198 Å². The number of aryl methyl sites for hydroxylation is 2. The Morgan fingerprint density at radius 2 is 1.71 bits per heavy atom. The highest BCUT2D eigenvalue weighted by molar-refractivity contribution is 5.89. The molecule has 5 rings (SSSR count). The van der Waals surface area contributed by atoms with Gasteiger partial charge in [0.15, 0.2) is 0 Å². The largest absolute Gasteiger partial charge is 0.328 e. The van der Waals surface area contributed by atoms with E-state index >= 15 is 0 Å². The summed E-state index contributed by atoms with van der Waals surface area (Å²) in [6.45, 7) is 5.11. The number of rotatable bonds is 8. The minimum Gasteiger partial charge on any atom is -0.328 e. The van der Waals surface area contributed by atoms with Crippen molar-refractivity contribution in [3.05, 3.63) is 90.1 Å². The zero-order valence-corrected chi connectivity index (χ0v) is 19.4. The molecule has 34 heavy (non-hydrogen) atoms. The molecule has 5 aromatic rings. The third kappa shape index (κ3) is 4.37. The summed E-state index contributed by atoms with van der Waals surface area (Å²) in [4.78, 5) is 9.34. The van der Waals surface area contributed by atoms with E-state index in [1.54, 1.807) is 0 Å². The lowest BCUT2D eigenvalue weighted by atomic mass is 9.92. The fraction of sp³-hybridized carbons (Fsp3) is 0.222. The molecule has 0 radical (unpaired) electrons. The molecule has 0 atom stereocenters. The number of hydrogen-bond acceptors (Lipinski definition) is 5. The zero-order valence-electron chi connectivity index (χ0n) is 19.4. The zero-order chi connectivity index (χ0) is 23.3. The molecule has 0 unspecified atom stereocenters. The average molecular weight is 450 g/mol. The van der Waals surface area contributed by atoms with Crippen LogP contribution in [0.1, 0.15) is 36.8 Å². The number of imidazole rings is 1. The highest BCUT2D eigenvalue weighted by Gasteiger charge is 2.16. The van der Waals surface area contributed by atoms with Gasteiger partial charge in [0, 0.05) is 42.2 Å². The molecule has 3 aromatic heterocycles. The predicted molar refractivity (Wildman–Crippen MR) is 133 cm³/mol. The number of hydrogen-bond donors (Lipinski definition) is 1. The minimum atomic E-state index is 0.571. The lowest BCUT2D eigenvalue weighted by molar-refractivity contribution is 0.667. The minimum absolute atomic E-state index is 0.571. The van der Waals surface area contributed by atoms with Gasteiger partial charge in [-0.2, -0.15) is 5.21 Å². The number of tetrazole rings is 1. The van der Waals surface area contributed by atoms with Crippen molar-refractivity contribution in [3.8, 4) is 33.8 Å². The molecule has 0 saturated carbocycles. The fourth-order valence-corrected chi connectivity index (χ4v) is 4.29. The van der Waals surface area contributed by atoms with Gasteiger partial charge in [-0.25, -0.2) is 4.98 Å². The van der Waals surface area contributed by atoms with Crippen LogP contribution >= 0.6 is 0 Å². The Morgan fingerprint density at radius 1 is 0.882 bits per heavy atom. The van der Waals surface area contributed by atoms with Crippen LogP contribution in [0.15, 0.2) is 73.1 Å². The molecule has 0 bridgehead atoms. The smallest absolute Gasteiger partial charge is 0.205 e. The number of aromatic nitrogens is 7. The Bertz CT molecular complexity index is 1370. The van der Waals surface area contributed by atoms with Crippen molar-refractivity contribution >= 4 is 0 Å². The Hall–Kier alpha value is -4.13. The molecule has 170 valence electrons. The van der Waals surface area contributed by atoms with Crippen LogP contribution in [0.3, 0.4) is 0 Å². The molecule has 3 heterocycles. The highest BCUT2D eigenvalue weighted by Crippen LogP contribution is 2.37. The molecule has 7 heteroatoms. The van der Waals surface area contributed by atoms with Crippen LogP contribution < -0.4 is 0 Å². The summed E-state index contributed by atoms with van der Waals surface area (Å²) in [5.74, 6) is 1.71. The second-order valence-electron chi connectivity index (χ2n) is 8.38. The first-order valence-electron chi connectivity index (χ1n) is 11.6. The SMILES string of the molecule is CCCCc1ncc(C)n1Cc1ccc(-c2ccccc2-c2nn[nH]n2)c(-c2ccccn2)c1. The van der Waals surface area contributed by atoms with Crippen molar-refractivity contribution in [1.82, 2.24) is 35.2 Å². The van der Waals surface area contributed by atoms with Crippen molar-refractivity contribution in [1.29, 1.82) is 0 Å². The van der Waals surface area contributed by atoms with Crippen LogP contribution in [0.25, 0.3) is 33.8 Å². The molecule has 0 aliphatic rings. The Kier molecular flexibility index (Phi) is 6.25. The van der Waals surface area contributed by atoms with Gasteiger partial charge in [0.05, 0.1) is 5.69 Å². The molecule has 0 aliphatic heterocycles. The Balaban J connectivity index is 1.61. The molecule has 0 amide bonds. The molecule has 2 aromatic carbocycles. The van der Waals surface area contributed by atoms with Gasteiger partial charge in [0.25, 0.3) is 0 Å². The molecule has 0 fully saturated rings. The molecule has 7 nitrogen and oxygen atoms in total. The third-order valence-electron chi connectivity index (χ3n) is 6.06. The van der Waals surface area contributed by atoms with Crippen LogP contribution in [0, 0.1) is 6.92 Å². The number of unbranched alkanes of at least 4 members (excludes halogenated alkanes) is 1. The topological polar surface area (TPSA) is 85.2 Å². The third-order valence-corrected chi connectivity index (χ3v) is 6.06. The number of nitrogens with one attached hydrogen (secondary N) is 1. The predicted octanol–water partition coefficient (Wildman–Crippen LogP) is 5.49. The van der Waals surface area contributed by atoms with Crippen molar-refractivity contribution in [2.75, 3.05) is 0 Å². The second-order valence-corrected chi connectivity index (χ2v) is 8.38. The van der Waals surface area contributed by atoms with E-state index in [0.29, 0.717) is 5.82 Å². The van der Waals surface area contributed by atoms with E-state index in [0.717, 1.165) is 59.6 Å². The van der Waals surface area contributed by atoms with E-state index < -0.39 is 0 Å². The van der Waals surface area contributed by atoms with Crippen molar-refractivity contribution in [3.63, 3.8) is 0 Å². The maximum absolute atomic E-state index is 4.67. The summed E-state index contributed by atoms with van der Waals surface area (Å²) in [6, 6.07) is 20.8. The van der Waals surface area contributed by atoms with Gasteiger partial charge < -0.3 is 4.57 Å². The van der Waals surface area contributed by atoms with Gasteiger partial charge in [0.1, 0.15) is 5.82 Å².